The molecule has 4 aromatic rings. The number of amides is 1. The first-order valence-corrected chi connectivity index (χ1v) is 9.39. The lowest BCUT2D eigenvalue weighted by Gasteiger charge is -2.17. The molecule has 3 aromatic carbocycles. The van der Waals surface area contributed by atoms with E-state index in [4.69, 9.17) is 0 Å². The van der Waals surface area contributed by atoms with E-state index in [-0.39, 0.29) is 6.42 Å². The fraction of sp³-hybridized carbons (Fsp3) is 0.125. The highest BCUT2D eigenvalue weighted by Gasteiger charge is 2.23. The maximum absolute atomic E-state index is 13.2. The molecule has 2 N–H and O–H groups in total. The first kappa shape index (κ1) is 18.6. The van der Waals surface area contributed by atoms with E-state index in [1.54, 1.807) is 0 Å². The summed E-state index contributed by atoms with van der Waals surface area (Å²) < 4.78 is 0. The number of fused-ring (bicyclic) bond motifs is 2. The molecule has 4 rings (SSSR count). The van der Waals surface area contributed by atoms with Crippen LogP contribution in [-0.4, -0.2) is 28.0 Å². The summed E-state index contributed by atoms with van der Waals surface area (Å²) in [6.45, 7) is 1.97. The van der Waals surface area contributed by atoms with Crippen LogP contribution < -0.4 is 5.32 Å². The summed E-state index contributed by atoms with van der Waals surface area (Å²) in [7, 11) is 0. The molecule has 0 saturated carbocycles. The van der Waals surface area contributed by atoms with Crippen LogP contribution in [0.15, 0.2) is 72.8 Å². The van der Waals surface area contributed by atoms with Crippen molar-refractivity contribution in [3.63, 3.8) is 0 Å². The molecule has 0 aliphatic carbocycles. The Labute approximate surface area is 168 Å². The highest BCUT2D eigenvalue weighted by molar-refractivity contribution is 6.16. The zero-order valence-electron chi connectivity index (χ0n) is 15.9. The summed E-state index contributed by atoms with van der Waals surface area (Å²) in [4.78, 5) is 29.7. The minimum atomic E-state index is -1.07. The molecule has 1 amide bonds. The van der Waals surface area contributed by atoms with Gasteiger partial charge in [-0.25, -0.2) is 9.78 Å². The quantitative estimate of drug-likeness (QED) is 0.507. The number of aliphatic carboxylic acids is 1. The van der Waals surface area contributed by atoms with Crippen molar-refractivity contribution in [1.29, 1.82) is 0 Å². The smallest absolute Gasteiger partial charge is 0.326 e. The molecule has 0 unspecified atom stereocenters. The van der Waals surface area contributed by atoms with E-state index in [1.807, 2.05) is 79.7 Å². The van der Waals surface area contributed by atoms with Gasteiger partial charge in [0.15, 0.2) is 0 Å². The topological polar surface area (TPSA) is 79.3 Å². The molecule has 1 aromatic heterocycles. The van der Waals surface area contributed by atoms with Crippen molar-refractivity contribution < 1.29 is 14.7 Å². The molecule has 0 saturated heterocycles. The second kappa shape index (κ2) is 7.72. The average molecular weight is 384 g/mol. The van der Waals surface area contributed by atoms with Gasteiger partial charge in [0.25, 0.3) is 5.91 Å². The van der Waals surface area contributed by atoms with Crippen LogP contribution in [0.2, 0.25) is 0 Å². The Hall–Kier alpha value is -3.73. The lowest BCUT2D eigenvalue weighted by molar-refractivity contribution is -0.139. The van der Waals surface area contributed by atoms with Crippen molar-refractivity contribution in [2.45, 2.75) is 19.4 Å². The first-order chi connectivity index (χ1) is 14.0. The Morgan fingerprint density at radius 1 is 0.897 bits per heavy atom. The van der Waals surface area contributed by atoms with Gasteiger partial charge in [0.1, 0.15) is 6.04 Å². The van der Waals surface area contributed by atoms with E-state index < -0.39 is 17.9 Å². The molecule has 0 aliphatic rings. The first-order valence-electron chi connectivity index (χ1n) is 9.39. The predicted octanol–water partition coefficient (Wildman–Crippen LogP) is 4.12. The number of hydrogen-bond donors (Lipinski definition) is 2. The zero-order valence-corrected chi connectivity index (χ0v) is 15.9. The van der Waals surface area contributed by atoms with Gasteiger partial charge in [0, 0.05) is 17.2 Å². The van der Waals surface area contributed by atoms with Gasteiger partial charge in [-0.3, -0.25) is 4.79 Å². The molecular weight excluding hydrogens is 364 g/mol. The normalized spacial score (nSPS) is 12.0. The van der Waals surface area contributed by atoms with E-state index in [9.17, 15) is 14.7 Å². The molecule has 1 atom stereocenters. The summed E-state index contributed by atoms with van der Waals surface area (Å²) in [5, 5.41) is 13.8. The van der Waals surface area contributed by atoms with Crippen molar-refractivity contribution >= 4 is 33.7 Å². The van der Waals surface area contributed by atoms with Gasteiger partial charge in [-0.1, -0.05) is 66.2 Å². The van der Waals surface area contributed by atoms with E-state index in [0.29, 0.717) is 27.4 Å². The number of nitrogens with one attached hydrogen (secondary N) is 1. The average Bonchev–Trinajstić information content (AvgIpc) is 2.72. The third kappa shape index (κ3) is 3.80. The predicted molar refractivity (Wildman–Crippen MR) is 113 cm³/mol. The molecule has 29 heavy (non-hydrogen) atoms. The molecule has 0 fully saturated rings. The van der Waals surface area contributed by atoms with Crippen LogP contribution in [0, 0.1) is 6.92 Å². The van der Waals surface area contributed by atoms with Crippen LogP contribution in [0.1, 0.15) is 21.5 Å². The molecule has 0 aliphatic heterocycles. The molecule has 144 valence electrons. The summed E-state index contributed by atoms with van der Waals surface area (Å²) >= 11 is 0. The number of benzene rings is 3. The van der Waals surface area contributed by atoms with E-state index in [0.717, 1.165) is 11.1 Å². The number of hydrogen-bond acceptors (Lipinski definition) is 3. The number of pyridine rings is 1. The van der Waals surface area contributed by atoms with Crippen LogP contribution in [-0.2, 0) is 11.2 Å². The van der Waals surface area contributed by atoms with Gasteiger partial charge in [-0.2, -0.15) is 0 Å². The Bertz CT molecular complexity index is 1160. The summed E-state index contributed by atoms with van der Waals surface area (Å²) in [6, 6.07) is 21.4. The Morgan fingerprint density at radius 2 is 1.45 bits per heavy atom. The number of nitrogens with zero attached hydrogens (tertiary/aromatic N) is 1. The zero-order chi connectivity index (χ0) is 20.4. The molecule has 0 spiro atoms. The lowest BCUT2D eigenvalue weighted by Crippen LogP contribution is -2.42. The number of aryl methyl sites for hydroxylation is 1. The Morgan fingerprint density at radius 3 is 2.00 bits per heavy atom. The number of para-hydroxylation sites is 2. The number of carboxylic acids is 1. The van der Waals surface area contributed by atoms with E-state index >= 15 is 0 Å². The van der Waals surface area contributed by atoms with Crippen molar-refractivity contribution in [2.75, 3.05) is 0 Å². The summed E-state index contributed by atoms with van der Waals surface area (Å²) in [6.07, 6.45) is 0.211. The molecule has 0 radical (unpaired) electrons. The molecule has 1 heterocycles. The van der Waals surface area contributed by atoms with Crippen molar-refractivity contribution in [2.24, 2.45) is 0 Å². The Balaban J connectivity index is 1.73. The van der Waals surface area contributed by atoms with Gasteiger partial charge >= 0.3 is 5.97 Å². The summed E-state index contributed by atoms with van der Waals surface area (Å²) in [5.41, 5.74) is 3.79. The molecule has 5 nitrogen and oxygen atoms in total. The van der Waals surface area contributed by atoms with Crippen LogP contribution in [0.4, 0.5) is 0 Å². The highest BCUT2D eigenvalue weighted by atomic mass is 16.4. The second-order valence-electron chi connectivity index (χ2n) is 7.08. The minimum Gasteiger partial charge on any atom is -0.480 e. The second-order valence-corrected chi connectivity index (χ2v) is 7.08. The number of carbonyl (C=O) groups excluding carboxylic acids is 1. The van der Waals surface area contributed by atoms with Crippen LogP contribution in [0.25, 0.3) is 21.8 Å². The Kier molecular flexibility index (Phi) is 4.96. The lowest BCUT2D eigenvalue weighted by atomic mass is 10.0. The van der Waals surface area contributed by atoms with Crippen LogP contribution in [0.5, 0.6) is 0 Å². The minimum absolute atomic E-state index is 0.211. The molecular formula is C24H20N2O3. The number of aromatic nitrogens is 1. The van der Waals surface area contributed by atoms with Crippen LogP contribution in [0.3, 0.4) is 0 Å². The third-order valence-corrected chi connectivity index (χ3v) is 4.98. The number of carboxylic acid groups (broad SMARTS) is 1. The van der Waals surface area contributed by atoms with Gasteiger partial charge in [0.05, 0.1) is 16.6 Å². The van der Waals surface area contributed by atoms with Crippen molar-refractivity contribution in [1.82, 2.24) is 10.3 Å². The van der Waals surface area contributed by atoms with Crippen molar-refractivity contribution in [3.8, 4) is 0 Å². The van der Waals surface area contributed by atoms with E-state index in [1.165, 1.54) is 0 Å². The molecule has 0 bridgehead atoms. The van der Waals surface area contributed by atoms with Gasteiger partial charge in [-0.05, 0) is 24.6 Å². The fourth-order valence-electron chi connectivity index (χ4n) is 3.47. The third-order valence-electron chi connectivity index (χ3n) is 4.98. The summed E-state index contributed by atoms with van der Waals surface area (Å²) in [5.74, 6) is -1.49. The monoisotopic (exact) mass is 384 g/mol. The molecule has 5 heteroatoms. The maximum atomic E-state index is 13.2. The fourth-order valence-corrected chi connectivity index (χ4v) is 3.47. The van der Waals surface area contributed by atoms with Crippen molar-refractivity contribution in [3.05, 3.63) is 89.5 Å². The highest BCUT2D eigenvalue weighted by Crippen LogP contribution is 2.26. The van der Waals surface area contributed by atoms with Gasteiger partial charge < -0.3 is 10.4 Å². The van der Waals surface area contributed by atoms with Gasteiger partial charge in [-0.15, -0.1) is 0 Å². The number of rotatable bonds is 5. The number of carbonyl (C=O) groups is 2. The largest absolute Gasteiger partial charge is 0.480 e. The van der Waals surface area contributed by atoms with E-state index in [2.05, 4.69) is 10.3 Å². The van der Waals surface area contributed by atoms with Crippen LogP contribution >= 0.6 is 0 Å². The SMILES string of the molecule is Cc1ccc(C[C@@H](NC(=O)c2c3ccccc3nc3ccccc23)C(=O)O)cc1. The maximum Gasteiger partial charge on any atom is 0.326 e. The standard InChI is InChI=1S/C24H20N2O3/c1-15-10-12-16(13-11-15)14-21(24(28)29)26-23(27)22-17-6-2-4-8-19(17)25-20-9-5-3-7-18(20)22/h2-13,21H,14H2,1H3,(H,26,27)(H,28,29)/t21-/m1/s1. The van der Waals surface area contributed by atoms with Gasteiger partial charge in [0.2, 0.25) is 0 Å².